The van der Waals surface area contributed by atoms with Gasteiger partial charge in [-0.05, 0) is 25.4 Å². The number of ketones is 2. The van der Waals surface area contributed by atoms with Crippen LogP contribution in [0.2, 0.25) is 2.82 Å². The van der Waals surface area contributed by atoms with Crippen LogP contribution in [0.25, 0.3) is 10.9 Å². The van der Waals surface area contributed by atoms with Crippen LogP contribution in [0, 0.1) is 6.92 Å². The van der Waals surface area contributed by atoms with Crippen LogP contribution >= 0.6 is 0 Å². The van der Waals surface area contributed by atoms with Gasteiger partial charge in [-0.15, -0.1) is 0 Å². The van der Waals surface area contributed by atoms with Crippen LogP contribution in [0.4, 0.5) is 5.69 Å². The minimum Gasteiger partial charge on any atom is -0.398 e. The van der Waals surface area contributed by atoms with Gasteiger partial charge in [-0.1, -0.05) is 6.07 Å². The van der Waals surface area contributed by atoms with E-state index < -0.39 is 42.3 Å². The Bertz CT molecular complexity index is 1080. The molecule has 1 unspecified atom stereocenters. The molecule has 6 nitrogen and oxygen atoms in total. The van der Waals surface area contributed by atoms with Gasteiger partial charge in [-0.2, -0.15) is 0 Å². The Labute approximate surface area is 130 Å². The number of nitrogens with two attached hydrogens (primary N) is 1. The number of aryl methyl sites for hydroxylation is 1. The minimum absolute atomic E-state index is 0.0623. The Hall–Kier alpha value is -2.50. The van der Waals surface area contributed by atoms with Gasteiger partial charge in [0.2, 0.25) is 0 Å². The summed E-state index contributed by atoms with van der Waals surface area (Å²) >= 11 is 0. The third kappa shape index (κ3) is 2.12. The second-order valence-corrected chi connectivity index (χ2v) is 4.59. The van der Waals surface area contributed by atoms with Crippen molar-refractivity contribution in [1.29, 1.82) is 0 Å². The highest BCUT2D eigenvalue weighted by Crippen LogP contribution is 2.24. The molecule has 0 saturated heterocycles. The van der Waals surface area contributed by atoms with E-state index in [0.29, 0.717) is 4.57 Å². The highest BCUT2D eigenvalue weighted by molar-refractivity contribution is 6.03. The van der Waals surface area contributed by atoms with Crippen molar-refractivity contribution in [3.63, 3.8) is 0 Å². The number of carbonyl (C=O) groups excluding carboxylic acids is 2. The van der Waals surface area contributed by atoms with Gasteiger partial charge in [-0.25, -0.2) is 4.98 Å². The molecular weight excluding hydrogens is 270 g/mol. The monoisotopic (exact) mass is 292 g/mol. The van der Waals surface area contributed by atoms with Gasteiger partial charge in [0.15, 0.2) is 8.61 Å². The second-order valence-electron chi connectivity index (χ2n) is 4.59. The third-order valence-corrected chi connectivity index (χ3v) is 3.17. The number of nitrogens with zero attached hydrogens (tertiary/aromatic N) is 2. The minimum atomic E-state index is -3.38. The van der Waals surface area contributed by atoms with Crippen molar-refractivity contribution < 1.29 is 19.3 Å². The summed E-state index contributed by atoms with van der Waals surface area (Å²) in [6.45, 7) is 1.25. The lowest BCUT2D eigenvalue weighted by atomic mass is 9.92. The number of anilines is 1. The molecular formula is C15H15N3O3. The maximum Gasteiger partial charge on any atom is 0.264 e. The summed E-state index contributed by atoms with van der Waals surface area (Å²) in [7, 11) is 0. The Balaban J connectivity index is 2.46. The molecule has 108 valence electrons. The van der Waals surface area contributed by atoms with Gasteiger partial charge in [0.1, 0.15) is 11.6 Å². The lowest BCUT2D eigenvalue weighted by Crippen LogP contribution is -2.36. The van der Waals surface area contributed by atoms with E-state index in [-0.39, 0.29) is 28.1 Å². The maximum absolute atomic E-state index is 13.2. The summed E-state index contributed by atoms with van der Waals surface area (Å²) in [5, 5.41) is -0.300. The quantitative estimate of drug-likeness (QED) is 0.661. The summed E-state index contributed by atoms with van der Waals surface area (Å²) in [6.07, 6.45) is -7.63. The predicted molar refractivity (Wildman–Crippen MR) is 78.1 cm³/mol. The number of rotatable bonds is 2. The first-order valence-electron chi connectivity index (χ1n) is 9.55. The highest BCUT2D eigenvalue weighted by atomic mass is 16.2. The summed E-state index contributed by atoms with van der Waals surface area (Å²) in [5.41, 5.74) is -1.09. The van der Waals surface area contributed by atoms with Crippen molar-refractivity contribution in [3.05, 3.63) is 34.4 Å². The van der Waals surface area contributed by atoms with Crippen LogP contribution in [0.5, 0.6) is 0 Å². The molecule has 1 saturated carbocycles. The Morgan fingerprint density at radius 1 is 1.48 bits per heavy atom. The van der Waals surface area contributed by atoms with E-state index in [4.69, 9.17) is 9.68 Å². The zero-order valence-corrected chi connectivity index (χ0v) is 11.0. The van der Waals surface area contributed by atoms with E-state index in [9.17, 15) is 14.4 Å². The summed E-state index contributed by atoms with van der Waals surface area (Å²) < 4.78 is 55.7. The molecule has 1 aromatic heterocycles. The molecule has 21 heavy (non-hydrogen) atoms. The molecule has 1 aromatic carbocycles. The standard InChI is InChI=1S/C15H15N3O3/c1-8-17-11-4-2-3-10(16)14(11)15(21)18(8)12-6-5-9(19)7-13(12)20/h2-4,12H,5-7,16H2,1H3/i5D2,6D2,12D/hD2. The molecule has 1 aliphatic rings. The molecule has 6 heteroatoms. The molecule has 0 amide bonds. The van der Waals surface area contributed by atoms with Crippen LogP contribution < -0.4 is 11.3 Å². The lowest BCUT2D eigenvalue weighted by Gasteiger charge is -2.24. The van der Waals surface area contributed by atoms with Crippen molar-refractivity contribution in [2.24, 2.45) is 0 Å². The van der Waals surface area contributed by atoms with Gasteiger partial charge >= 0.3 is 0 Å². The molecule has 1 aliphatic carbocycles. The van der Waals surface area contributed by atoms with Crippen LogP contribution in [0.3, 0.4) is 0 Å². The van der Waals surface area contributed by atoms with Crippen molar-refractivity contribution in [2.75, 3.05) is 5.72 Å². The largest absolute Gasteiger partial charge is 0.398 e. The van der Waals surface area contributed by atoms with Gasteiger partial charge in [0, 0.05) is 17.5 Å². The van der Waals surface area contributed by atoms with E-state index in [0.717, 1.165) is 0 Å². The molecule has 1 heterocycles. The fourth-order valence-corrected chi connectivity index (χ4v) is 2.24. The van der Waals surface area contributed by atoms with Gasteiger partial charge in [-0.3, -0.25) is 19.0 Å². The Kier molecular flexibility index (Phi) is 1.71. The smallest absolute Gasteiger partial charge is 0.264 e. The molecule has 1 fully saturated rings. The fraction of sp³-hybridized carbons (Fsp3) is 0.333. The number of carbonyl (C=O) groups is 2. The van der Waals surface area contributed by atoms with Crippen molar-refractivity contribution in [2.45, 2.75) is 32.1 Å². The van der Waals surface area contributed by atoms with Crippen molar-refractivity contribution >= 4 is 28.2 Å². The van der Waals surface area contributed by atoms with Crippen LogP contribution in [-0.2, 0) is 9.59 Å². The molecule has 0 aliphatic heterocycles. The lowest BCUT2D eigenvalue weighted by molar-refractivity contribution is -0.132. The summed E-state index contributed by atoms with van der Waals surface area (Å²) in [6, 6.07) is 1.02. The van der Waals surface area contributed by atoms with E-state index in [1.54, 1.807) is 0 Å². The number of fused-ring (bicyclic) bond motifs is 1. The molecule has 0 radical (unpaired) electrons. The number of aromatic nitrogens is 2. The molecule has 0 spiro atoms. The molecule has 2 N–H and O–H groups in total. The van der Waals surface area contributed by atoms with Crippen LogP contribution in [0.15, 0.2) is 23.0 Å². The first-order chi connectivity index (χ1) is 12.8. The normalized spacial score (nSPS) is 32.1. The maximum atomic E-state index is 13.2. The van der Waals surface area contributed by atoms with Crippen molar-refractivity contribution in [1.82, 2.24) is 9.55 Å². The van der Waals surface area contributed by atoms with E-state index in [1.807, 2.05) is 0 Å². The third-order valence-electron chi connectivity index (χ3n) is 3.17. The van der Waals surface area contributed by atoms with Crippen molar-refractivity contribution in [3.8, 4) is 0 Å². The molecule has 0 bridgehead atoms. The molecule has 2 aromatic rings. The average molecular weight is 292 g/mol. The second kappa shape index (κ2) is 4.80. The summed E-state index contributed by atoms with van der Waals surface area (Å²) in [5.74, 6) is -2.84. The predicted octanol–water partition coefficient (Wildman–Crippen LogP) is 1.15. The van der Waals surface area contributed by atoms with E-state index in [1.165, 1.54) is 25.1 Å². The number of benzene rings is 1. The van der Waals surface area contributed by atoms with Gasteiger partial charge < -0.3 is 5.72 Å². The molecule has 1 atom stereocenters. The summed E-state index contributed by atoms with van der Waals surface area (Å²) in [4.78, 5) is 41.8. The van der Waals surface area contributed by atoms with Gasteiger partial charge in [0.25, 0.3) is 5.56 Å². The zero-order valence-electron chi connectivity index (χ0n) is 18.0. The Morgan fingerprint density at radius 2 is 2.29 bits per heavy atom. The molecule has 3 rings (SSSR count). The SMILES string of the molecule is [2H]N([2H])c1cccc2nc(C)n(C3([2H])C(=O)CC(=O)C([2H])([2H])C3([2H])[2H])c(=O)c12. The number of Topliss-reactive ketones (excluding diaryl/α,β-unsaturated/α-hetero) is 2. The first kappa shape index (κ1) is 7.49. The Morgan fingerprint density at radius 3 is 3.05 bits per heavy atom. The first-order valence-corrected chi connectivity index (χ1v) is 6.16. The van der Waals surface area contributed by atoms with E-state index in [2.05, 4.69) is 4.98 Å². The van der Waals surface area contributed by atoms with Gasteiger partial charge in [0.05, 0.1) is 24.7 Å². The zero-order chi connectivity index (χ0) is 21.2. The van der Waals surface area contributed by atoms with E-state index >= 15 is 0 Å². The number of nitrogen functional groups attached to an aromatic ring is 1. The number of hydrogen-bond donors (Lipinski definition) is 1. The highest BCUT2D eigenvalue weighted by Gasteiger charge is 2.30. The average Bonchev–Trinajstić information content (AvgIpc) is 2.59. The number of hydrogen-bond acceptors (Lipinski definition) is 5. The fourth-order valence-electron chi connectivity index (χ4n) is 2.24. The van der Waals surface area contributed by atoms with Crippen LogP contribution in [0.1, 0.15) is 37.9 Å². The topological polar surface area (TPSA) is 95.0 Å². The van der Waals surface area contributed by atoms with Crippen LogP contribution in [-0.4, -0.2) is 21.1 Å².